The van der Waals surface area contributed by atoms with Crippen LogP contribution in [0.2, 0.25) is 5.02 Å². The van der Waals surface area contributed by atoms with Crippen molar-refractivity contribution in [3.63, 3.8) is 0 Å². The topological polar surface area (TPSA) is 103 Å². The Morgan fingerprint density at radius 1 is 1.26 bits per heavy atom. The van der Waals surface area contributed by atoms with Gasteiger partial charge in [-0.15, -0.1) is 0 Å². The summed E-state index contributed by atoms with van der Waals surface area (Å²) in [5.41, 5.74) is -1.36. The Morgan fingerprint density at radius 3 is 2.74 bits per heavy atom. The minimum absolute atomic E-state index is 0.0464. The van der Waals surface area contributed by atoms with Crippen molar-refractivity contribution in [2.24, 2.45) is 5.92 Å². The summed E-state index contributed by atoms with van der Waals surface area (Å²) in [5, 5.41) is 21.1. The van der Waals surface area contributed by atoms with Crippen molar-refractivity contribution in [1.29, 1.82) is 0 Å². The maximum absolute atomic E-state index is 15.2. The average Bonchev–Trinajstić information content (AvgIpc) is 2.93. The number of halogens is 3. The van der Waals surface area contributed by atoms with Crippen molar-refractivity contribution >= 4 is 23.7 Å². The van der Waals surface area contributed by atoms with E-state index in [4.69, 9.17) is 11.6 Å². The van der Waals surface area contributed by atoms with Crippen LogP contribution in [0.15, 0.2) is 18.2 Å². The van der Waals surface area contributed by atoms with E-state index in [9.17, 15) is 14.7 Å². The summed E-state index contributed by atoms with van der Waals surface area (Å²) in [4.78, 5) is 24.9. The molecular formula is C27H42ClFIN4O4-. The van der Waals surface area contributed by atoms with Crippen LogP contribution >= 0.6 is 11.6 Å². The van der Waals surface area contributed by atoms with E-state index >= 15 is 4.39 Å². The van der Waals surface area contributed by atoms with Gasteiger partial charge in [0.05, 0.1) is 0 Å². The second kappa shape index (κ2) is 15.4. The number of rotatable bonds is 11. The van der Waals surface area contributed by atoms with Gasteiger partial charge in [-0.1, -0.05) is 0 Å². The second-order valence-electron chi connectivity index (χ2n) is 10.3. The van der Waals surface area contributed by atoms with E-state index in [1.54, 1.807) is 12.1 Å². The van der Waals surface area contributed by atoms with Crippen LogP contribution in [0, 0.1) is 11.7 Å². The molecule has 0 aromatic heterocycles. The first-order valence-corrected chi connectivity index (χ1v) is 16.2. The van der Waals surface area contributed by atoms with Crippen LogP contribution in [0.25, 0.3) is 0 Å². The van der Waals surface area contributed by atoms with Gasteiger partial charge in [-0.2, -0.15) is 0 Å². The third kappa shape index (κ3) is 8.56. The van der Waals surface area contributed by atoms with Crippen LogP contribution in [0.3, 0.4) is 0 Å². The molecule has 1 saturated carbocycles. The van der Waals surface area contributed by atoms with Crippen LogP contribution in [-0.4, -0.2) is 64.1 Å². The summed E-state index contributed by atoms with van der Waals surface area (Å²) >= 11 is 5.13. The monoisotopic (exact) mass is 667 g/mol. The van der Waals surface area contributed by atoms with Crippen LogP contribution in [0.1, 0.15) is 69.8 Å². The van der Waals surface area contributed by atoms with Gasteiger partial charge in [-0.3, -0.25) is 0 Å². The molecule has 2 aliphatic rings. The van der Waals surface area contributed by atoms with Gasteiger partial charge in [0.1, 0.15) is 0 Å². The Balaban J connectivity index is 1.72. The molecule has 4 N–H and O–H groups in total. The molecule has 1 heterocycles. The summed E-state index contributed by atoms with van der Waals surface area (Å²) in [7, 11) is 3.19. The van der Waals surface area contributed by atoms with E-state index in [-0.39, 0.29) is 39.5 Å². The van der Waals surface area contributed by atoms with Gasteiger partial charge in [0.2, 0.25) is 0 Å². The molecule has 0 spiro atoms. The van der Waals surface area contributed by atoms with E-state index in [0.29, 0.717) is 31.8 Å². The molecule has 0 radical (unpaired) electrons. The number of alkyl carbamates (subject to hydrolysis) is 1. The summed E-state index contributed by atoms with van der Waals surface area (Å²) in [5.74, 6) is 0.00504. The quantitative estimate of drug-likeness (QED) is 0.124. The Hall–Kier alpha value is -1.37. The molecule has 1 aliphatic heterocycles. The van der Waals surface area contributed by atoms with Crippen molar-refractivity contribution in [3.8, 4) is 0 Å². The molecule has 3 atom stereocenters. The zero-order chi connectivity index (χ0) is 27.5. The summed E-state index contributed by atoms with van der Waals surface area (Å²) in [6.07, 6.45) is 8.72. The Labute approximate surface area is 241 Å². The Morgan fingerprint density at radius 2 is 2.03 bits per heavy atom. The standard InChI is InChI=1S/C27H42ClFIN4O4/c1-31-18-20(17-19-9-4-3-5-10-19)33-25(35)34-16-7-13-23(30-34)27(37,14-8-15-32-26(36)38-2)21-11-6-12-22(28)24(21)29/h6,11-12,19-20,23,31,37H,3-5,7-10,13-18H2,1-2H3,(H,32,36)(H,33,35)/q-1/t20-,23-,27+/m0/s1. The second-order valence-corrected chi connectivity index (χ2v) is 13.9. The first-order chi connectivity index (χ1) is 18.3. The maximum atomic E-state index is 15.2. The molecular weight excluding hydrogens is 626 g/mol. The fraction of sp³-hybridized carbons (Fsp3) is 0.704. The van der Waals surface area contributed by atoms with Crippen molar-refractivity contribution in [2.75, 3.05) is 33.8 Å². The predicted octanol–water partition coefficient (Wildman–Crippen LogP) is 1.54. The molecule has 1 aromatic rings. The molecule has 1 aliphatic carbocycles. The molecule has 8 nitrogen and oxygen atoms in total. The number of amides is 3. The number of aliphatic hydroxyl groups is 1. The molecule has 1 saturated heterocycles. The summed E-state index contributed by atoms with van der Waals surface area (Å²) in [6, 6.07) is 4.62. The van der Waals surface area contributed by atoms with Crippen molar-refractivity contribution in [2.45, 2.75) is 79.8 Å². The molecule has 0 unspecified atom stereocenters. The minimum atomic E-state index is -1.51. The van der Waals surface area contributed by atoms with Gasteiger partial charge >= 0.3 is 242 Å². The zero-order valence-corrected chi connectivity index (χ0v) is 25.3. The van der Waals surface area contributed by atoms with Crippen molar-refractivity contribution in [1.82, 2.24) is 19.1 Å². The fourth-order valence-corrected chi connectivity index (χ4v) is 9.37. The van der Waals surface area contributed by atoms with Gasteiger partial charge in [-0.05, 0) is 0 Å². The number of urea groups is 1. The number of benzene rings is 1. The normalized spacial score (nSPS) is 21.1. The van der Waals surface area contributed by atoms with Gasteiger partial charge in [0.15, 0.2) is 0 Å². The number of alkyl halides is 1. The molecule has 216 valence electrons. The third-order valence-electron chi connectivity index (χ3n) is 7.51. The van der Waals surface area contributed by atoms with Crippen LogP contribution < -0.4 is 37.4 Å². The summed E-state index contributed by atoms with van der Waals surface area (Å²) < 4.78 is 21.4. The number of nitrogens with zero attached hydrogens (tertiary/aromatic N) is 1. The number of hydrogen-bond donors (Lipinski definition) is 4. The van der Waals surface area contributed by atoms with Crippen molar-refractivity contribution < 1.29 is 45.3 Å². The molecule has 11 heteroatoms. The SMILES string of the molecule is CNC[C@H](CC1CCCCC1)NC(=O)N1CCC[C@@H]([C@@](O)(CCCNC(=O)OC)c2cccc(Cl)c2F)[I-]1. The number of nitrogens with one attached hydrogen (secondary N) is 3. The van der Waals surface area contributed by atoms with E-state index in [0.717, 1.165) is 12.8 Å². The number of carbonyl (C=O) groups excluding carboxylic acids is 2. The molecule has 2 fully saturated rings. The van der Waals surface area contributed by atoms with Gasteiger partial charge in [0.25, 0.3) is 0 Å². The van der Waals surface area contributed by atoms with Crippen LogP contribution in [-0.2, 0) is 10.3 Å². The van der Waals surface area contributed by atoms with Crippen molar-refractivity contribution in [3.05, 3.63) is 34.6 Å². The Kier molecular flexibility index (Phi) is 12.6. The van der Waals surface area contributed by atoms with E-state index in [1.807, 2.05) is 10.2 Å². The van der Waals surface area contributed by atoms with Gasteiger partial charge < -0.3 is 0 Å². The average molecular weight is 668 g/mol. The van der Waals surface area contributed by atoms with E-state index in [2.05, 4.69) is 20.7 Å². The Bertz CT molecular complexity index is 923. The van der Waals surface area contributed by atoms with Gasteiger partial charge in [0, 0.05) is 0 Å². The predicted molar refractivity (Wildman–Crippen MR) is 142 cm³/mol. The van der Waals surface area contributed by atoms with Crippen LogP contribution in [0.5, 0.6) is 0 Å². The molecule has 0 bridgehead atoms. The first-order valence-electron chi connectivity index (χ1n) is 13.6. The molecule has 38 heavy (non-hydrogen) atoms. The summed E-state index contributed by atoms with van der Waals surface area (Å²) in [6.45, 7) is 1.62. The fourth-order valence-electron chi connectivity index (χ4n) is 5.54. The molecule has 3 rings (SSSR count). The number of ether oxygens (including phenoxy) is 1. The number of methoxy groups -OCH3 is 1. The number of carbonyl (C=O) groups is 2. The number of hydrogen-bond acceptors (Lipinski definition) is 5. The van der Waals surface area contributed by atoms with E-state index in [1.165, 1.54) is 45.3 Å². The van der Waals surface area contributed by atoms with E-state index < -0.39 is 39.0 Å². The molecule has 1 aromatic carbocycles. The van der Waals surface area contributed by atoms with Crippen LogP contribution in [0.4, 0.5) is 14.0 Å². The zero-order valence-electron chi connectivity index (χ0n) is 22.4. The van der Waals surface area contributed by atoms with Gasteiger partial charge in [-0.25, -0.2) is 0 Å². The number of likely N-dealkylation sites (N-methyl/N-ethyl adjacent to an activating group) is 1. The third-order valence-corrected chi connectivity index (χ3v) is 11.7. The first kappa shape index (κ1) is 31.2. The molecule has 3 amide bonds.